The highest BCUT2D eigenvalue weighted by Crippen LogP contribution is 2.02. The van der Waals surface area contributed by atoms with Crippen LogP contribution in [0.3, 0.4) is 0 Å². The molecule has 4 unspecified atom stereocenters. The van der Waals surface area contributed by atoms with Crippen LogP contribution in [0.2, 0.25) is 0 Å². The van der Waals surface area contributed by atoms with Gasteiger partial charge in [0.05, 0.1) is 0 Å². The van der Waals surface area contributed by atoms with Crippen LogP contribution in [0.15, 0.2) is 0 Å². The Balaban J connectivity index is 3.84. The van der Waals surface area contributed by atoms with E-state index in [1.54, 1.807) is 0 Å². The van der Waals surface area contributed by atoms with Crippen LogP contribution in [0.25, 0.3) is 0 Å². The van der Waals surface area contributed by atoms with Crippen molar-refractivity contribution < 1.29 is 17.5 Å². The summed E-state index contributed by atoms with van der Waals surface area (Å²) in [7, 11) is 0. The van der Waals surface area contributed by atoms with Crippen LogP contribution in [0, 0.1) is 0 Å². The molecule has 0 amide bonds. The van der Waals surface area contributed by atoms with Gasteiger partial charge in [-0.05, 0) is 0 Å². The number of rotatable bonds is 4. The van der Waals surface area contributed by atoms with Crippen molar-refractivity contribution in [1.29, 1.82) is 0 Å². The summed E-state index contributed by atoms with van der Waals surface area (Å²) in [5.74, 6) is 0. The molecule has 11 heavy (non-hydrogen) atoms. The largest absolute Gasteiger partial charge is 0.304 e. The van der Waals surface area contributed by atoms with Crippen molar-refractivity contribution in [2.75, 3.05) is 0 Å². The highest BCUT2D eigenvalue weighted by atomic mass is 35.5. The van der Waals surface area contributed by atoms with Crippen molar-refractivity contribution in [3.63, 3.8) is 0 Å². The summed E-state index contributed by atoms with van der Waals surface area (Å²) in [4.78, 5) is -2.71. The minimum Gasteiger partial charge on any atom is -0.304 e. The van der Waals surface area contributed by atoms with Gasteiger partial charge in [0, 0.05) is 0 Å². The molecule has 0 fully saturated rings. The lowest BCUT2D eigenvalue weighted by molar-refractivity contribution is 0.539. The normalized spacial score (nSPS) is 22.2. The first-order valence-electron chi connectivity index (χ1n) is 2.18. The van der Waals surface area contributed by atoms with Crippen molar-refractivity contribution >= 4 is 45.4 Å². The minimum absolute atomic E-state index is 1.35. The molecule has 0 saturated carbocycles. The van der Waals surface area contributed by atoms with E-state index in [0.29, 0.717) is 0 Å². The first-order chi connectivity index (χ1) is 4.95. The standard InChI is InChI=1S/C2H5Cl2NO4S2/c3-1(10(6)7)5-2(4)11(8)9/h1-2,5H,(H,6,7)(H,8,9). The van der Waals surface area contributed by atoms with Gasteiger partial charge >= 0.3 is 0 Å². The summed E-state index contributed by atoms with van der Waals surface area (Å²) in [5, 5.41) is 2.01. The van der Waals surface area contributed by atoms with Gasteiger partial charge in [0.15, 0.2) is 31.8 Å². The number of halogens is 2. The summed E-state index contributed by atoms with van der Waals surface area (Å²) in [6.45, 7) is 0. The van der Waals surface area contributed by atoms with E-state index in [-0.39, 0.29) is 0 Å². The third-order valence-corrected chi connectivity index (χ3v) is 2.76. The second-order valence-electron chi connectivity index (χ2n) is 1.35. The molecule has 4 atom stereocenters. The Bertz CT molecular complexity index is 159. The number of hydrogen-bond acceptors (Lipinski definition) is 3. The Morgan fingerprint density at radius 3 is 1.55 bits per heavy atom. The quantitative estimate of drug-likeness (QED) is 0.369. The SMILES string of the molecule is O=S(O)C(Cl)NC(Cl)S(=O)O. The maximum Gasteiger partial charge on any atom is 0.186 e. The lowest BCUT2D eigenvalue weighted by atomic mass is 11.2. The van der Waals surface area contributed by atoms with Crippen LogP contribution in [-0.2, 0) is 22.2 Å². The molecular weight excluding hydrogens is 237 g/mol. The summed E-state index contributed by atoms with van der Waals surface area (Å²) in [6, 6.07) is 0. The molecule has 3 N–H and O–H groups in total. The van der Waals surface area contributed by atoms with Gasteiger partial charge in [-0.3, -0.25) is 5.32 Å². The Hall–Kier alpha value is 0.760. The van der Waals surface area contributed by atoms with Gasteiger partial charge in [-0.1, -0.05) is 23.2 Å². The van der Waals surface area contributed by atoms with Crippen LogP contribution in [0.4, 0.5) is 0 Å². The first kappa shape index (κ1) is 11.8. The lowest BCUT2D eigenvalue weighted by Gasteiger charge is -2.09. The third-order valence-electron chi connectivity index (χ3n) is 0.616. The van der Waals surface area contributed by atoms with Crippen LogP contribution < -0.4 is 5.32 Å². The molecule has 0 rings (SSSR count). The maximum absolute atomic E-state index is 10.1. The summed E-state index contributed by atoms with van der Waals surface area (Å²) in [5.41, 5.74) is 0. The fourth-order valence-corrected chi connectivity index (χ4v) is 1.28. The monoisotopic (exact) mass is 241 g/mol. The van der Waals surface area contributed by atoms with E-state index in [2.05, 4.69) is 0 Å². The summed E-state index contributed by atoms with van der Waals surface area (Å²) < 4.78 is 36.8. The second kappa shape index (κ2) is 5.41. The zero-order chi connectivity index (χ0) is 9.02. The number of alkyl halides is 2. The molecule has 0 bridgehead atoms. The van der Waals surface area contributed by atoms with Gasteiger partial charge in [0.25, 0.3) is 0 Å². The van der Waals surface area contributed by atoms with Crippen molar-refractivity contribution in [1.82, 2.24) is 5.32 Å². The molecule has 68 valence electrons. The first-order valence-corrected chi connectivity index (χ1v) is 5.40. The summed E-state index contributed by atoms with van der Waals surface area (Å²) in [6.07, 6.45) is 0. The highest BCUT2D eigenvalue weighted by Gasteiger charge is 2.18. The van der Waals surface area contributed by atoms with Crippen LogP contribution in [0.5, 0.6) is 0 Å². The molecular formula is C2H5Cl2NO4S2. The average Bonchev–Trinajstić information content (AvgIpc) is 1.87. The molecule has 0 spiro atoms. The second-order valence-corrected chi connectivity index (χ2v) is 4.79. The Morgan fingerprint density at radius 2 is 1.36 bits per heavy atom. The fourth-order valence-electron chi connectivity index (χ4n) is 0.219. The van der Waals surface area contributed by atoms with Gasteiger partial charge in [0.2, 0.25) is 0 Å². The van der Waals surface area contributed by atoms with E-state index in [1.807, 2.05) is 5.32 Å². The molecule has 0 aliphatic carbocycles. The zero-order valence-corrected chi connectivity index (χ0v) is 8.08. The predicted octanol–water partition coefficient (Wildman–Crippen LogP) is 0.0642. The number of nitrogens with one attached hydrogen (secondary N) is 1. The molecule has 0 radical (unpaired) electrons. The lowest BCUT2D eigenvalue weighted by Crippen LogP contribution is -2.36. The van der Waals surface area contributed by atoms with Gasteiger partial charge < -0.3 is 9.11 Å². The van der Waals surface area contributed by atoms with Crippen LogP contribution in [0.1, 0.15) is 0 Å². The van der Waals surface area contributed by atoms with Crippen molar-refractivity contribution in [3.05, 3.63) is 0 Å². The van der Waals surface area contributed by atoms with Gasteiger partial charge in [-0.2, -0.15) is 0 Å². The van der Waals surface area contributed by atoms with E-state index in [1.165, 1.54) is 0 Å². The molecule has 0 aromatic rings. The molecule has 5 nitrogen and oxygen atoms in total. The Morgan fingerprint density at radius 1 is 1.09 bits per heavy atom. The molecule has 0 aromatic heterocycles. The van der Waals surface area contributed by atoms with Crippen molar-refractivity contribution in [3.8, 4) is 0 Å². The Labute approximate surface area is 78.0 Å². The van der Waals surface area contributed by atoms with Gasteiger partial charge in [0.1, 0.15) is 0 Å². The smallest absolute Gasteiger partial charge is 0.186 e. The van der Waals surface area contributed by atoms with Gasteiger partial charge in [-0.15, -0.1) is 0 Å². The average molecular weight is 242 g/mol. The third kappa shape index (κ3) is 5.07. The van der Waals surface area contributed by atoms with E-state index in [9.17, 15) is 8.42 Å². The molecule has 0 aromatic carbocycles. The van der Waals surface area contributed by atoms with E-state index < -0.39 is 31.8 Å². The molecule has 0 heterocycles. The topological polar surface area (TPSA) is 86.6 Å². The van der Waals surface area contributed by atoms with E-state index in [4.69, 9.17) is 32.3 Å². The van der Waals surface area contributed by atoms with E-state index >= 15 is 0 Å². The van der Waals surface area contributed by atoms with Crippen molar-refractivity contribution in [2.45, 2.75) is 9.67 Å². The van der Waals surface area contributed by atoms with Crippen LogP contribution in [-0.4, -0.2) is 27.2 Å². The fraction of sp³-hybridized carbons (Fsp3) is 1.00. The van der Waals surface area contributed by atoms with E-state index in [0.717, 1.165) is 0 Å². The minimum atomic E-state index is -2.32. The highest BCUT2D eigenvalue weighted by molar-refractivity contribution is 7.82. The maximum atomic E-state index is 10.1. The van der Waals surface area contributed by atoms with Gasteiger partial charge in [-0.25, -0.2) is 8.42 Å². The zero-order valence-electron chi connectivity index (χ0n) is 4.94. The molecule has 0 saturated heterocycles. The molecule has 0 aliphatic rings. The predicted molar refractivity (Wildman–Crippen MR) is 44.0 cm³/mol. The molecule has 9 heteroatoms. The van der Waals surface area contributed by atoms with Crippen LogP contribution >= 0.6 is 23.2 Å². The van der Waals surface area contributed by atoms with Crippen molar-refractivity contribution in [2.24, 2.45) is 0 Å². The summed E-state index contributed by atoms with van der Waals surface area (Å²) >= 11 is 5.68. The Kier molecular flexibility index (Phi) is 5.79. The molecule has 0 aliphatic heterocycles. The number of hydrogen-bond donors (Lipinski definition) is 3.